The van der Waals surface area contributed by atoms with Gasteiger partial charge in [-0.15, -0.1) is 11.8 Å². The van der Waals surface area contributed by atoms with E-state index in [1.807, 2.05) is 17.8 Å². The molecular weight excluding hydrogens is 334 g/mol. The fraction of sp³-hybridized carbons (Fsp3) is 0.316. The number of thioether (sulfide) groups is 1. The molecule has 0 bridgehead atoms. The Kier molecular flexibility index (Phi) is 8.08. The zero-order valence-electron chi connectivity index (χ0n) is 14.3. The van der Waals surface area contributed by atoms with Crippen molar-refractivity contribution in [2.24, 2.45) is 0 Å². The minimum absolute atomic E-state index is 0.681. The fourth-order valence-electron chi connectivity index (χ4n) is 2.14. The van der Waals surface area contributed by atoms with E-state index < -0.39 is 0 Å². The predicted molar refractivity (Wildman–Crippen MR) is 110 cm³/mol. The second-order valence-electron chi connectivity index (χ2n) is 5.84. The van der Waals surface area contributed by atoms with Crippen molar-refractivity contribution < 1.29 is 0 Å². The molecule has 0 fully saturated rings. The first kappa shape index (κ1) is 18.8. The molecule has 0 radical (unpaired) electrons. The van der Waals surface area contributed by atoms with E-state index in [9.17, 15) is 0 Å². The third-order valence-corrected chi connectivity index (χ3v) is 4.76. The van der Waals surface area contributed by atoms with Crippen molar-refractivity contribution in [2.75, 3.05) is 32.5 Å². The standard InChI is InChI=1S/C19H25N3S2/c1-22(2)14-6-13-20-19(23)21-17-11-9-16(10-12-17)15-24-18-7-4-3-5-8-18/h3-5,7-12H,6,13-15H2,1-2H3,(H2,20,21,23). The van der Waals surface area contributed by atoms with Gasteiger partial charge in [0.2, 0.25) is 0 Å². The first-order valence-corrected chi connectivity index (χ1v) is 9.49. The Labute approximate surface area is 154 Å². The van der Waals surface area contributed by atoms with Gasteiger partial charge in [-0.2, -0.15) is 0 Å². The molecule has 0 unspecified atom stereocenters. The van der Waals surface area contributed by atoms with E-state index in [0.29, 0.717) is 5.11 Å². The highest BCUT2D eigenvalue weighted by molar-refractivity contribution is 7.98. The van der Waals surface area contributed by atoms with Crippen LogP contribution in [0.15, 0.2) is 59.5 Å². The number of hydrogen-bond acceptors (Lipinski definition) is 3. The number of rotatable bonds is 8. The van der Waals surface area contributed by atoms with E-state index in [2.05, 4.69) is 78.2 Å². The number of nitrogens with zero attached hydrogens (tertiary/aromatic N) is 1. The van der Waals surface area contributed by atoms with Crippen molar-refractivity contribution in [1.82, 2.24) is 10.2 Å². The van der Waals surface area contributed by atoms with Crippen LogP contribution in [0.5, 0.6) is 0 Å². The molecule has 2 aromatic carbocycles. The Bertz CT molecular complexity index is 612. The Balaban J connectivity index is 1.72. The summed E-state index contributed by atoms with van der Waals surface area (Å²) in [6.45, 7) is 1.94. The van der Waals surface area contributed by atoms with Gasteiger partial charge < -0.3 is 15.5 Å². The molecule has 2 rings (SSSR count). The number of anilines is 1. The van der Waals surface area contributed by atoms with Crippen LogP contribution in [0.3, 0.4) is 0 Å². The smallest absolute Gasteiger partial charge is 0.170 e. The number of thiocarbonyl (C=S) groups is 1. The normalized spacial score (nSPS) is 10.6. The molecule has 0 saturated carbocycles. The Morgan fingerprint density at radius 2 is 1.75 bits per heavy atom. The summed E-state index contributed by atoms with van der Waals surface area (Å²) in [4.78, 5) is 3.47. The lowest BCUT2D eigenvalue weighted by molar-refractivity contribution is 0.400. The van der Waals surface area contributed by atoms with Crippen molar-refractivity contribution in [3.63, 3.8) is 0 Å². The third-order valence-electron chi connectivity index (χ3n) is 3.43. The van der Waals surface area contributed by atoms with Crippen molar-refractivity contribution in [1.29, 1.82) is 0 Å². The van der Waals surface area contributed by atoms with Crippen LogP contribution in [0.1, 0.15) is 12.0 Å². The van der Waals surface area contributed by atoms with Crippen LogP contribution in [-0.4, -0.2) is 37.2 Å². The number of nitrogens with one attached hydrogen (secondary N) is 2. The van der Waals surface area contributed by atoms with Crippen LogP contribution in [0.4, 0.5) is 5.69 Å². The average molecular weight is 360 g/mol. The number of benzene rings is 2. The van der Waals surface area contributed by atoms with E-state index >= 15 is 0 Å². The summed E-state index contributed by atoms with van der Waals surface area (Å²) < 4.78 is 0. The molecule has 0 aromatic heterocycles. The maximum atomic E-state index is 5.32. The molecule has 2 N–H and O–H groups in total. The third kappa shape index (κ3) is 7.34. The lowest BCUT2D eigenvalue weighted by atomic mass is 10.2. The molecular formula is C19H25N3S2. The summed E-state index contributed by atoms with van der Waals surface area (Å²) in [7, 11) is 4.16. The van der Waals surface area contributed by atoms with Gasteiger partial charge in [0, 0.05) is 22.9 Å². The largest absolute Gasteiger partial charge is 0.362 e. The second kappa shape index (κ2) is 10.3. The van der Waals surface area contributed by atoms with E-state index in [1.54, 1.807) is 0 Å². The van der Waals surface area contributed by atoms with Crippen LogP contribution in [0.2, 0.25) is 0 Å². The van der Waals surface area contributed by atoms with Crippen molar-refractivity contribution >= 4 is 34.8 Å². The van der Waals surface area contributed by atoms with Gasteiger partial charge in [0.05, 0.1) is 0 Å². The summed E-state index contributed by atoms with van der Waals surface area (Å²) in [5.74, 6) is 0.970. The summed E-state index contributed by atoms with van der Waals surface area (Å²) in [6.07, 6.45) is 1.07. The van der Waals surface area contributed by atoms with E-state index in [4.69, 9.17) is 12.2 Å². The minimum Gasteiger partial charge on any atom is -0.362 e. The van der Waals surface area contributed by atoms with Gasteiger partial charge >= 0.3 is 0 Å². The highest BCUT2D eigenvalue weighted by Crippen LogP contribution is 2.23. The van der Waals surface area contributed by atoms with Gasteiger partial charge in [0.15, 0.2) is 5.11 Å². The zero-order chi connectivity index (χ0) is 17.2. The van der Waals surface area contributed by atoms with Gasteiger partial charge in [-0.05, 0) is 69.1 Å². The van der Waals surface area contributed by atoms with Crippen LogP contribution in [0, 0.1) is 0 Å². The van der Waals surface area contributed by atoms with Crippen LogP contribution >= 0.6 is 24.0 Å². The highest BCUT2D eigenvalue weighted by atomic mass is 32.2. The molecule has 0 aliphatic heterocycles. The SMILES string of the molecule is CN(C)CCCNC(=S)Nc1ccc(CSc2ccccc2)cc1. The molecule has 0 heterocycles. The lowest BCUT2D eigenvalue weighted by Crippen LogP contribution is -2.30. The molecule has 0 saturated heterocycles. The Morgan fingerprint density at radius 3 is 2.42 bits per heavy atom. The molecule has 0 atom stereocenters. The monoisotopic (exact) mass is 359 g/mol. The maximum absolute atomic E-state index is 5.32. The van der Waals surface area contributed by atoms with Gasteiger partial charge in [0.1, 0.15) is 0 Å². The first-order chi connectivity index (χ1) is 11.6. The minimum atomic E-state index is 0.681. The number of hydrogen-bond donors (Lipinski definition) is 2. The van der Waals surface area contributed by atoms with Crippen LogP contribution < -0.4 is 10.6 Å². The maximum Gasteiger partial charge on any atom is 0.170 e. The molecule has 3 nitrogen and oxygen atoms in total. The van der Waals surface area contributed by atoms with E-state index in [0.717, 1.165) is 31.0 Å². The fourth-order valence-corrected chi connectivity index (χ4v) is 3.24. The summed E-state index contributed by atoms with van der Waals surface area (Å²) in [5.41, 5.74) is 2.33. The van der Waals surface area contributed by atoms with Gasteiger partial charge in [0.25, 0.3) is 0 Å². The van der Waals surface area contributed by atoms with Crippen molar-refractivity contribution in [2.45, 2.75) is 17.1 Å². The van der Waals surface area contributed by atoms with Crippen molar-refractivity contribution in [3.8, 4) is 0 Å². The molecule has 128 valence electrons. The highest BCUT2D eigenvalue weighted by Gasteiger charge is 2.00. The quantitative estimate of drug-likeness (QED) is 0.418. The molecule has 0 aliphatic rings. The molecule has 24 heavy (non-hydrogen) atoms. The topological polar surface area (TPSA) is 27.3 Å². The first-order valence-electron chi connectivity index (χ1n) is 8.10. The Morgan fingerprint density at radius 1 is 1.04 bits per heavy atom. The molecule has 2 aromatic rings. The van der Waals surface area contributed by atoms with E-state index in [-0.39, 0.29) is 0 Å². The van der Waals surface area contributed by atoms with Crippen molar-refractivity contribution in [3.05, 3.63) is 60.2 Å². The van der Waals surface area contributed by atoms with Gasteiger partial charge in [-0.1, -0.05) is 30.3 Å². The molecule has 0 amide bonds. The zero-order valence-corrected chi connectivity index (χ0v) is 15.9. The predicted octanol–water partition coefficient (Wildman–Crippen LogP) is 4.22. The lowest BCUT2D eigenvalue weighted by Gasteiger charge is -2.13. The Hall–Kier alpha value is -1.56. The second-order valence-corrected chi connectivity index (χ2v) is 7.29. The van der Waals surface area contributed by atoms with Gasteiger partial charge in [-0.3, -0.25) is 0 Å². The van der Waals surface area contributed by atoms with Crippen LogP contribution in [0.25, 0.3) is 0 Å². The molecule has 0 spiro atoms. The molecule has 5 heteroatoms. The van der Waals surface area contributed by atoms with Gasteiger partial charge in [-0.25, -0.2) is 0 Å². The average Bonchev–Trinajstić information content (AvgIpc) is 2.59. The summed E-state index contributed by atoms with van der Waals surface area (Å²) in [6, 6.07) is 18.9. The van der Waals surface area contributed by atoms with Crippen LogP contribution in [-0.2, 0) is 5.75 Å². The molecule has 0 aliphatic carbocycles. The summed E-state index contributed by atoms with van der Waals surface area (Å²) in [5, 5.41) is 7.15. The van der Waals surface area contributed by atoms with E-state index in [1.165, 1.54) is 10.5 Å². The summed E-state index contributed by atoms with van der Waals surface area (Å²) >= 11 is 7.17.